The van der Waals surface area contributed by atoms with Crippen LogP contribution < -0.4 is 10.7 Å². The number of hydrazine groups is 1. The standard InChI is InChI=1S/C7H9N3O2/c11-7(12)6-3-5-4-8-1-2-10(5)9-6/h1-2,4,6,8-9H,3H2,(H,11,12). The van der Waals surface area contributed by atoms with E-state index in [-0.39, 0.29) is 0 Å². The fourth-order valence-electron chi connectivity index (χ4n) is 1.28. The van der Waals surface area contributed by atoms with Gasteiger partial charge in [0.25, 0.3) is 0 Å². The Morgan fingerprint density at radius 3 is 3.25 bits per heavy atom. The van der Waals surface area contributed by atoms with Crippen molar-refractivity contribution in [2.24, 2.45) is 0 Å². The van der Waals surface area contributed by atoms with Crippen molar-refractivity contribution in [1.29, 1.82) is 0 Å². The second kappa shape index (κ2) is 2.53. The number of fused-ring (bicyclic) bond motifs is 1. The molecule has 0 saturated carbocycles. The van der Waals surface area contributed by atoms with Crippen LogP contribution in [0.15, 0.2) is 24.3 Å². The molecule has 3 N–H and O–H groups in total. The molecule has 0 aromatic carbocycles. The number of hydrogen-bond acceptors (Lipinski definition) is 4. The molecular weight excluding hydrogens is 158 g/mol. The number of nitrogens with one attached hydrogen (secondary N) is 2. The molecule has 0 aromatic rings. The van der Waals surface area contributed by atoms with Crippen molar-refractivity contribution >= 4 is 5.97 Å². The molecule has 0 aliphatic carbocycles. The van der Waals surface area contributed by atoms with E-state index in [4.69, 9.17) is 5.11 Å². The molecule has 2 heterocycles. The first-order valence-electron chi connectivity index (χ1n) is 3.67. The Bertz CT molecular complexity index is 272. The minimum atomic E-state index is -0.821. The molecular formula is C7H9N3O2. The molecule has 12 heavy (non-hydrogen) atoms. The number of hydrogen-bond donors (Lipinski definition) is 3. The van der Waals surface area contributed by atoms with E-state index >= 15 is 0 Å². The number of carboxylic acids is 1. The lowest BCUT2D eigenvalue weighted by molar-refractivity contribution is -0.139. The van der Waals surface area contributed by atoms with Crippen molar-refractivity contribution in [3.05, 3.63) is 24.3 Å². The van der Waals surface area contributed by atoms with Gasteiger partial charge in [-0.3, -0.25) is 9.80 Å². The maximum atomic E-state index is 10.6. The number of rotatable bonds is 1. The maximum Gasteiger partial charge on any atom is 0.322 e. The fourth-order valence-corrected chi connectivity index (χ4v) is 1.28. The van der Waals surface area contributed by atoms with Gasteiger partial charge in [0.2, 0.25) is 0 Å². The van der Waals surface area contributed by atoms with Crippen molar-refractivity contribution in [2.75, 3.05) is 0 Å². The minimum Gasteiger partial charge on any atom is -0.480 e. The van der Waals surface area contributed by atoms with E-state index in [0.717, 1.165) is 5.70 Å². The molecule has 2 aliphatic rings. The third-order valence-corrected chi connectivity index (χ3v) is 1.89. The lowest BCUT2D eigenvalue weighted by atomic mass is 10.2. The fraction of sp³-hybridized carbons (Fsp3) is 0.286. The van der Waals surface area contributed by atoms with Gasteiger partial charge >= 0.3 is 5.97 Å². The smallest absolute Gasteiger partial charge is 0.322 e. The van der Waals surface area contributed by atoms with Crippen LogP contribution in [0.4, 0.5) is 0 Å². The van der Waals surface area contributed by atoms with Gasteiger partial charge in [0.1, 0.15) is 6.04 Å². The number of carboxylic acid groups (broad SMARTS) is 1. The predicted octanol–water partition coefficient (Wildman–Crippen LogP) is -0.434. The topological polar surface area (TPSA) is 64.6 Å². The zero-order valence-electron chi connectivity index (χ0n) is 6.32. The Hall–Kier alpha value is -1.49. The zero-order valence-corrected chi connectivity index (χ0v) is 6.32. The third kappa shape index (κ3) is 1.04. The van der Waals surface area contributed by atoms with E-state index in [1.165, 1.54) is 0 Å². The van der Waals surface area contributed by atoms with Gasteiger partial charge in [0, 0.05) is 25.0 Å². The number of aliphatic carboxylic acids is 1. The highest BCUT2D eigenvalue weighted by Crippen LogP contribution is 2.19. The quantitative estimate of drug-likeness (QED) is 0.494. The van der Waals surface area contributed by atoms with Crippen LogP contribution in [0.3, 0.4) is 0 Å². The predicted molar refractivity (Wildman–Crippen MR) is 41.4 cm³/mol. The van der Waals surface area contributed by atoms with Crippen LogP contribution in [0.5, 0.6) is 0 Å². The summed E-state index contributed by atoms with van der Waals surface area (Å²) in [5.41, 5.74) is 3.78. The molecule has 5 heteroatoms. The highest BCUT2D eigenvalue weighted by atomic mass is 16.4. The Labute approximate surface area is 69.3 Å². The zero-order chi connectivity index (χ0) is 8.55. The monoisotopic (exact) mass is 167 g/mol. The van der Waals surface area contributed by atoms with E-state index in [1.54, 1.807) is 23.6 Å². The van der Waals surface area contributed by atoms with Gasteiger partial charge in [-0.05, 0) is 0 Å². The van der Waals surface area contributed by atoms with E-state index in [2.05, 4.69) is 10.7 Å². The van der Waals surface area contributed by atoms with Crippen LogP contribution in [0.25, 0.3) is 0 Å². The second-order valence-corrected chi connectivity index (χ2v) is 2.71. The SMILES string of the molecule is O=C(O)C1CC2=CNC=CN2N1. The molecule has 64 valence electrons. The van der Waals surface area contributed by atoms with E-state index in [9.17, 15) is 4.79 Å². The van der Waals surface area contributed by atoms with Crippen molar-refractivity contribution in [1.82, 2.24) is 15.8 Å². The molecule has 1 fully saturated rings. The lowest BCUT2D eigenvalue weighted by Crippen LogP contribution is -2.37. The van der Waals surface area contributed by atoms with Gasteiger partial charge < -0.3 is 10.4 Å². The number of carbonyl (C=O) groups is 1. The molecule has 1 unspecified atom stereocenters. The van der Waals surface area contributed by atoms with Gasteiger partial charge in [-0.2, -0.15) is 0 Å². The van der Waals surface area contributed by atoms with Crippen LogP contribution in [0.2, 0.25) is 0 Å². The Morgan fingerprint density at radius 1 is 1.75 bits per heavy atom. The van der Waals surface area contributed by atoms with Crippen LogP contribution in [0.1, 0.15) is 6.42 Å². The summed E-state index contributed by atoms with van der Waals surface area (Å²) in [5.74, 6) is -0.821. The lowest BCUT2D eigenvalue weighted by Gasteiger charge is -2.17. The first kappa shape index (κ1) is 7.17. The first-order chi connectivity index (χ1) is 5.77. The van der Waals surface area contributed by atoms with Crippen molar-refractivity contribution < 1.29 is 9.90 Å². The first-order valence-corrected chi connectivity index (χ1v) is 3.67. The summed E-state index contributed by atoms with van der Waals surface area (Å²) >= 11 is 0. The molecule has 1 saturated heterocycles. The van der Waals surface area contributed by atoms with Gasteiger partial charge in [-0.1, -0.05) is 0 Å². The average Bonchev–Trinajstić information content (AvgIpc) is 2.46. The molecule has 5 nitrogen and oxygen atoms in total. The Kier molecular flexibility index (Phi) is 1.51. The summed E-state index contributed by atoms with van der Waals surface area (Å²) in [6, 6.07) is -0.499. The summed E-state index contributed by atoms with van der Waals surface area (Å²) in [6.07, 6.45) is 5.81. The van der Waals surface area contributed by atoms with Gasteiger partial charge in [-0.25, -0.2) is 5.43 Å². The van der Waals surface area contributed by atoms with E-state index in [1.807, 2.05) is 0 Å². The molecule has 0 bridgehead atoms. The average molecular weight is 167 g/mol. The molecule has 0 aromatic heterocycles. The van der Waals surface area contributed by atoms with Crippen molar-refractivity contribution in [3.8, 4) is 0 Å². The van der Waals surface area contributed by atoms with Gasteiger partial charge in [0.15, 0.2) is 0 Å². The summed E-state index contributed by atoms with van der Waals surface area (Å²) in [5, 5.41) is 13.3. The summed E-state index contributed by atoms with van der Waals surface area (Å²) < 4.78 is 0. The van der Waals surface area contributed by atoms with Crippen LogP contribution in [-0.4, -0.2) is 22.1 Å². The van der Waals surface area contributed by atoms with E-state index in [0.29, 0.717) is 6.42 Å². The van der Waals surface area contributed by atoms with Crippen LogP contribution in [-0.2, 0) is 4.79 Å². The van der Waals surface area contributed by atoms with Crippen LogP contribution >= 0.6 is 0 Å². The summed E-state index contributed by atoms with van der Waals surface area (Å²) in [4.78, 5) is 10.6. The highest BCUT2D eigenvalue weighted by molar-refractivity contribution is 5.74. The van der Waals surface area contributed by atoms with Crippen molar-refractivity contribution in [3.63, 3.8) is 0 Å². The largest absolute Gasteiger partial charge is 0.480 e. The third-order valence-electron chi connectivity index (χ3n) is 1.89. The molecule has 0 radical (unpaired) electrons. The normalized spacial score (nSPS) is 26.2. The summed E-state index contributed by atoms with van der Waals surface area (Å²) in [7, 11) is 0. The Balaban J connectivity index is 2.13. The molecule has 1 atom stereocenters. The minimum absolute atomic E-state index is 0.499. The molecule has 2 rings (SSSR count). The van der Waals surface area contributed by atoms with Gasteiger partial charge in [-0.15, -0.1) is 0 Å². The summed E-state index contributed by atoms with van der Waals surface area (Å²) in [6.45, 7) is 0. The number of nitrogens with zero attached hydrogens (tertiary/aromatic N) is 1. The van der Waals surface area contributed by atoms with Crippen molar-refractivity contribution in [2.45, 2.75) is 12.5 Å². The highest BCUT2D eigenvalue weighted by Gasteiger charge is 2.30. The second-order valence-electron chi connectivity index (χ2n) is 2.71. The maximum absolute atomic E-state index is 10.6. The Morgan fingerprint density at radius 2 is 2.58 bits per heavy atom. The van der Waals surface area contributed by atoms with Crippen LogP contribution in [0, 0.1) is 0 Å². The molecule has 0 spiro atoms. The molecule has 0 amide bonds. The van der Waals surface area contributed by atoms with Gasteiger partial charge in [0.05, 0.1) is 5.70 Å². The van der Waals surface area contributed by atoms with E-state index < -0.39 is 12.0 Å². The molecule has 2 aliphatic heterocycles.